The Labute approximate surface area is 119 Å². The van der Waals surface area contributed by atoms with Crippen LogP contribution < -0.4 is 5.32 Å². The van der Waals surface area contributed by atoms with Crippen LogP contribution in [-0.2, 0) is 6.42 Å². The van der Waals surface area contributed by atoms with Gasteiger partial charge >= 0.3 is 0 Å². The van der Waals surface area contributed by atoms with Gasteiger partial charge in [-0.1, -0.05) is 45.9 Å². The van der Waals surface area contributed by atoms with Crippen molar-refractivity contribution in [2.24, 2.45) is 17.8 Å². The minimum absolute atomic E-state index is 0.720. The third-order valence-corrected chi connectivity index (χ3v) is 4.16. The fourth-order valence-corrected chi connectivity index (χ4v) is 2.49. The van der Waals surface area contributed by atoms with Crippen molar-refractivity contribution in [2.75, 3.05) is 13.1 Å². The lowest BCUT2D eigenvalue weighted by atomic mass is 9.86. The summed E-state index contributed by atoms with van der Waals surface area (Å²) in [6, 6.07) is 6.62. The van der Waals surface area contributed by atoms with Gasteiger partial charge in [0.05, 0.1) is 0 Å². The highest BCUT2D eigenvalue weighted by Gasteiger charge is 2.14. The van der Waals surface area contributed by atoms with E-state index in [0.717, 1.165) is 30.8 Å². The Hall–Kier alpha value is -0.820. The zero-order chi connectivity index (χ0) is 14.4. The summed E-state index contributed by atoms with van der Waals surface area (Å²) in [5.41, 5.74) is 4.43. The zero-order valence-electron chi connectivity index (χ0n) is 13.6. The molecule has 0 spiro atoms. The van der Waals surface area contributed by atoms with Crippen LogP contribution in [0.3, 0.4) is 0 Å². The molecule has 1 aromatic carbocycles. The van der Waals surface area contributed by atoms with Gasteiger partial charge in [0.2, 0.25) is 0 Å². The molecule has 0 aliphatic rings. The molecule has 0 amide bonds. The van der Waals surface area contributed by atoms with Gasteiger partial charge in [-0.05, 0) is 67.8 Å². The van der Waals surface area contributed by atoms with Crippen LogP contribution in [0, 0.1) is 31.6 Å². The molecule has 1 heteroatoms. The largest absolute Gasteiger partial charge is 0.316 e. The summed E-state index contributed by atoms with van der Waals surface area (Å²) in [7, 11) is 0. The van der Waals surface area contributed by atoms with Gasteiger partial charge in [0.15, 0.2) is 0 Å². The normalized spacial score (nSPS) is 14.7. The third kappa shape index (κ3) is 5.36. The van der Waals surface area contributed by atoms with Crippen LogP contribution in [0.25, 0.3) is 0 Å². The van der Waals surface area contributed by atoms with E-state index in [0.29, 0.717) is 0 Å². The van der Waals surface area contributed by atoms with Crippen LogP contribution in [0.1, 0.15) is 44.4 Å². The molecule has 108 valence electrons. The monoisotopic (exact) mass is 261 g/mol. The van der Waals surface area contributed by atoms with Gasteiger partial charge in [0.1, 0.15) is 0 Å². The number of nitrogens with one attached hydrogen (secondary N) is 1. The number of aryl methyl sites for hydroxylation is 2. The Morgan fingerprint density at radius 2 is 1.47 bits per heavy atom. The molecular weight excluding hydrogens is 230 g/mol. The van der Waals surface area contributed by atoms with Crippen LogP contribution in [0.4, 0.5) is 0 Å². The molecule has 0 bridgehead atoms. The van der Waals surface area contributed by atoms with Crippen molar-refractivity contribution in [3.05, 3.63) is 34.9 Å². The maximum Gasteiger partial charge on any atom is -0.00204 e. The maximum absolute atomic E-state index is 3.58. The number of hydrogen-bond acceptors (Lipinski definition) is 1. The van der Waals surface area contributed by atoms with Gasteiger partial charge in [-0.15, -0.1) is 0 Å². The Balaban J connectivity index is 2.52. The zero-order valence-corrected chi connectivity index (χ0v) is 13.6. The molecule has 0 saturated carbocycles. The Bertz CT molecular complexity index is 361. The van der Waals surface area contributed by atoms with E-state index >= 15 is 0 Å². The minimum atomic E-state index is 0.720. The highest BCUT2D eigenvalue weighted by Crippen LogP contribution is 2.22. The van der Waals surface area contributed by atoms with E-state index < -0.39 is 0 Å². The topological polar surface area (TPSA) is 12.0 Å². The quantitative estimate of drug-likeness (QED) is 0.769. The van der Waals surface area contributed by atoms with Crippen LogP contribution in [-0.4, -0.2) is 13.1 Å². The molecule has 0 radical (unpaired) electrons. The Kier molecular flexibility index (Phi) is 6.57. The lowest BCUT2D eigenvalue weighted by Crippen LogP contribution is -2.29. The second kappa shape index (κ2) is 7.69. The molecule has 0 aromatic heterocycles. The van der Waals surface area contributed by atoms with Crippen LogP contribution in [0.2, 0.25) is 0 Å². The summed E-state index contributed by atoms with van der Waals surface area (Å²) >= 11 is 0. The molecule has 0 saturated heterocycles. The molecule has 2 atom stereocenters. The minimum Gasteiger partial charge on any atom is -0.316 e. The average Bonchev–Trinajstić information content (AvgIpc) is 2.33. The highest BCUT2D eigenvalue weighted by atomic mass is 14.9. The first-order chi connectivity index (χ1) is 8.91. The smallest absolute Gasteiger partial charge is 0.00204 e. The van der Waals surface area contributed by atoms with Crippen LogP contribution >= 0.6 is 0 Å². The van der Waals surface area contributed by atoms with Crippen molar-refractivity contribution < 1.29 is 0 Å². The van der Waals surface area contributed by atoms with Crippen molar-refractivity contribution >= 4 is 0 Å². The summed E-state index contributed by atoms with van der Waals surface area (Å²) in [6.45, 7) is 16.0. The van der Waals surface area contributed by atoms with Gasteiger partial charge in [-0.3, -0.25) is 0 Å². The predicted octanol–water partition coefficient (Wildman–Crippen LogP) is 4.36. The van der Waals surface area contributed by atoms with Crippen molar-refractivity contribution in [3.63, 3.8) is 0 Å². The highest BCUT2D eigenvalue weighted by molar-refractivity contribution is 5.33. The summed E-state index contributed by atoms with van der Waals surface area (Å²) in [6.07, 6.45) is 1.20. The molecule has 19 heavy (non-hydrogen) atoms. The molecule has 1 rings (SSSR count). The van der Waals surface area contributed by atoms with Crippen molar-refractivity contribution in [3.8, 4) is 0 Å². The molecule has 2 unspecified atom stereocenters. The first-order valence-electron chi connectivity index (χ1n) is 7.67. The number of hydrogen-bond donors (Lipinski definition) is 1. The summed E-state index contributed by atoms with van der Waals surface area (Å²) in [5, 5.41) is 3.58. The molecule has 0 heterocycles. The lowest BCUT2D eigenvalue weighted by molar-refractivity contribution is 0.356. The van der Waals surface area contributed by atoms with E-state index in [-0.39, 0.29) is 0 Å². The molecular formula is C18H31N. The lowest BCUT2D eigenvalue weighted by Gasteiger charge is -2.23. The van der Waals surface area contributed by atoms with Gasteiger partial charge < -0.3 is 5.32 Å². The van der Waals surface area contributed by atoms with E-state index in [1.54, 1.807) is 5.56 Å². The van der Waals surface area contributed by atoms with Crippen LogP contribution in [0.15, 0.2) is 18.2 Å². The standard InChI is InChI=1S/C18H31N/c1-13(2)11-19-12-17(6)16(5)10-18-14(3)8-7-9-15(18)4/h7-9,13,16-17,19H,10-12H2,1-6H3. The first kappa shape index (κ1) is 16.2. The van der Waals surface area contributed by atoms with Crippen molar-refractivity contribution in [2.45, 2.75) is 48.0 Å². The fourth-order valence-electron chi connectivity index (χ4n) is 2.49. The average molecular weight is 261 g/mol. The Morgan fingerprint density at radius 1 is 0.895 bits per heavy atom. The molecule has 0 aliphatic heterocycles. The fraction of sp³-hybridized carbons (Fsp3) is 0.667. The van der Waals surface area contributed by atoms with Crippen molar-refractivity contribution in [1.82, 2.24) is 5.32 Å². The Morgan fingerprint density at radius 3 is 2.00 bits per heavy atom. The van der Waals surface area contributed by atoms with Gasteiger partial charge in [-0.2, -0.15) is 0 Å². The molecule has 0 aliphatic carbocycles. The molecule has 0 fully saturated rings. The summed E-state index contributed by atoms with van der Waals surface area (Å²) in [5.74, 6) is 2.18. The summed E-state index contributed by atoms with van der Waals surface area (Å²) < 4.78 is 0. The SMILES string of the molecule is Cc1cccc(C)c1CC(C)C(C)CNCC(C)C. The van der Waals surface area contributed by atoms with Gasteiger partial charge in [-0.25, -0.2) is 0 Å². The van der Waals surface area contributed by atoms with Gasteiger partial charge in [0, 0.05) is 0 Å². The van der Waals surface area contributed by atoms with E-state index in [1.165, 1.54) is 17.5 Å². The molecule has 1 nitrogen and oxygen atoms in total. The number of rotatable bonds is 7. The molecule has 1 aromatic rings. The van der Waals surface area contributed by atoms with Gasteiger partial charge in [0.25, 0.3) is 0 Å². The van der Waals surface area contributed by atoms with E-state index in [2.05, 4.69) is 65.1 Å². The number of benzene rings is 1. The van der Waals surface area contributed by atoms with Crippen LogP contribution in [0.5, 0.6) is 0 Å². The summed E-state index contributed by atoms with van der Waals surface area (Å²) in [4.78, 5) is 0. The third-order valence-electron chi connectivity index (χ3n) is 4.16. The second-order valence-corrected chi connectivity index (χ2v) is 6.58. The van der Waals surface area contributed by atoms with E-state index in [1.807, 2.05) is 0 Å². The van der Waals surface area contributed by atoms with E-state index in [4.69, 9.17) is 0 Å². The molecule has 1 N–H and O–H groups in total. The van der Waals surface area contributed by atoms with E-state index in [9.17, 15) is 0 Å². The first-order valence-corrected chi connectivity index (χ1v) is 7.67. The second-order valence-electron chi connectivity index (χ2n) is 6.58. The predicted molar refractivity (Wildman–Crippen MR) is 85.7 cm³/mol. The van der Waals surface area contributed by atoms with Crippen molar-refractivity contribution in [1.29, 1.82) is 0 Å². The maximum atomic E-state index is 3.58.